The molecule has 126 valence electrons. The molecule has 7 aliphatic rings. The number of nitrogens with one attached hydrogen (secondary N) is 2. The van der Waals surface area contributed by atoms with Gasteiger partial charge in [0.1, 0.15) is 0 Å². The van der Waals surface area contributed by atoms with E-state index < -0.39 is 0 Å². The number of aliphatic hydroxyl groups is 1. The van der Waals surface area contributed by atoms with E-state index in [1.807, 2.05) is 18.0 Å². The number of carbonyl (C=O) groups excluding carboxylic acids is 1. The SMILES string of the molecule is O=C1C[C@@]23S[C@H]4CC2(C=C1Br)C31C2=NCCc3c[nH]c(c32)C(O)=C1N4. The molecule has 5 nitrogen and oxygen atoms in total. The third kappa shape index (κ3) is 1.06. The molecule has 4 aliphatic heterocycles. The average Bonchev–Trinajstić information content (AvgIpc) is 2.90. The Morgan fingerprint density at radius 2 is 2.32 bits per heavy atom. The number of aromatic nitrogens is 1. The number of aliphatic hydroxyl groups excluding tert-OH is 1. The van der Waals surface area contributed by atoms with Crippen LogP contribution >= 0.6 is 27.7 Å². The number of aromatic amines is 1. The molecule has 0 amide bonds. The molecule has 3 saturated heterocycles. The van der Waals surface area contributed by atoms with Crippen molar-refractivity contribution in [3.05, 3.63) is 39.3 Å². The fraction of sp³-hybridized carbons (Fsp3) is 0.444. The summed E-state index contributed by atoms with van der Waals surface area (Å²) in [6.45, 7) is 0.772. The standard InChI is InChI=1S/C18H14BrN3O2S/c19-8-3-16-5-10-22-15-13(24)12-11-7(6-21-12)1-2-20-14(11)18(15,16)17(16,25-10)4-9(8)23/h3,6,10,21-22,24H,1-2,4-5H2/t10-,16?,17+,18?/m0/s1. The van der Waals surface area contributed by atoms with Gasteiger partial charge in [0.25, 0.3) is 0 Å². The number of rotatable bonds is 0. The Bertz CT molecular complexity index is 1040. The molecular formula is C18H14BrN3O2S. The first-order valence-electron chi connectivity index (χ1n) is 8.61. The van der Waals surface area contributed by atoms with Gasteiger partial charge in [-0.25, -0.2) is 0 Å². The zero-order valence-corrected chi connectivity index (χ0v) is 15.6. The van der Waals surface area contributed by atoms with Crippen molar-refractivity contribution in [2.45, 2.75) is 29.4 Å². The van der Waals surface area contributed by atoms with Crippen LogP contribution in [-0.2, 0) is 11.2 Å². The van der Waals surface area contributed by atoms with Gasteiger partial charge in [-0.1, -0.05) is 6.08 Å². The Labute approximate surface area is 156 Å². The summed E-state index contributed by atoms with van der Waals surface area (Å²) in [5.74, 6) is 0.482. The van der Waals surface area contributed by atoms with E-state index >= 15 is 0 Å². The van der Waals surface area contributed by atoms with Crippen molar-refractivity contribution in [3.63, 3.8) is 0 Å². The van der Waals surface area contributed by atoms with Gasteiger partial charge in [-0.3, -0.25) is 9.79 Å². The molecule has 1 aromatic heterocycles. The van der Waals surface area contributed by atoms with Crippen LogP contribution in [0.5, 0.6) is 0 Å². The van der Waals surface area contributed by atoms with Crippen molar-refractivity contribution >= 4 is 44.9 Å². The number of piperidine rings is 1. The summed E-state index contributed by atoms with van der Waals surface area (Å²) in [5.41, 5.74) is 4.56. The molecule has 3 aliphatic carbocycles. The molecule has 25 heavy (non-hydrogen) atoms. The van der Waals surface area contributed by atoms with E-state index in [9.17, 15) is 9.90 Å². The van der Waals surface area contributed by atoms with Crippen LogP contribution in [0.1, 0.15) is 29.7 Å². The molecule has 4 bridgehead atoms. The number of nitrogens with zero attached hydrogens (tertiary/aromatic N) is 1. The Morgan fingerprint density at radius 3 is 3.20 bits per heavy atom. The van der Waals surface area contributed by atoms with Crippen LogP contribution in [0, 0.1) is 10.8 Å². The van der Waals surface area contributed by atoms with Gasteiger partial charge in [0, 0.05) is 30.1 Å². The lowest BCUT2D eigenvalue weighted by molar-refractivity contribution is -0.115. The second kappa shape index (κ2) is 3.64. The van der Waals surface area contributed by atoms with Gasteiger partial charge in [-0.2, -0.15) is 0 Å². The van der Waals surface area contributed by atoms with Crippen molar-refractivity contribution in [1.29, 1.82) is 0 Å². The zero-order valence-electron chi connectivity index (χ0n) is 13.1. The van der Waals surface area contributed by atoms with Crippen LogP contribution < -0.4 is 5.32 Å². The molecule has 1 aromatic rings. The Morgan fingerprint density at radius 1 is 1.44 bits per heavy atom. The summed E-state index contributed by atoms with van der Waals surface area (Å²) in [5, 5.41) is 14.9. The second-order valence-electron chi connectivity index (χ2n) is 7.86. The van der Waals surface area contributed by atoms with E-state index in [4.69, 9.17) is 4.99 Å². The maximum absolute atomic E-state index is 12.6. The van der Waals surface area contributed by atoms with E-state index in [0.29, 0.717) is 16.7 Å². The Balaban J connectivity index is 1.63. The first kappa shape index (κ1) is 13.7. The third-order valence-electron chi connectivity index (χ3n) is 7.19. The number of ketones is 1. The lowest BCUT2D eigenvalue weighted by atomic mass is 9.72. The maximum atomic E-state index is 12.6. The normalized spacial score (nSPS) is 44.4. The van der Waals surface area contributed by atoms with Gasteiger partial charge in [0.15, 0.2) is 11.5 Å². The van der Waals surface area contributed by atoms with Gasteiger partial charge < -0.3 is 15.4 Å². The summed E-state index contributed by atoms with van der Waals surface area (Å²) >= 11 is 5.39. The van der Waals surface area contributed by atoms with Crippen LogP contribution in [0.15, 0.2) is 27.4 Å². The zero-order chi connectivity index (χ0) is 16.8. The van der Waals surface area contributed by atoms with Crippen LogP contribution in [-0.4, -0.2) is 38.3 Å². The quantitative estimate of drug-likeness (QED) is 0.608. The molecule has 0 aromatic carbocycles. The Kier molecular flexibility index (Phi) is 2.00. The number of Topliss-reactive ketones (excluding diaryl/α,β-unsaturated/α-hetero) is 1. The fourth-order valence-electron chi connectivity index (χ4n) is 6.46. The second-order valence-corrected chi connectivity index (χ2v) is 10.2. The molecule has 2 unspecified atom stereocenters. The molecule has 4 atom stereocenters. The van der Waals surface area contributed by atoms with Crippen LogP contribution in [0.2, 0.25) is 0 Å². The van der Waals surface area contributed by atoms with Crippen molar-refractivity contribution in [3.8, 4) is 0 Å². The molecule has 0 radical (unpaired) electrons. The number of hydrogen-bond donors (Lipinski definition) is 3. The van der Waals surface area contributed by atoms with E-state index in [1.54, 1.807) is 0 Å². The number of halogens is 1. The highest BCUT2D eigenvalue weighted by atomic mass is 79.9. The number of aliphatic imine (C=N–C) groups is 1. The summed E-state index contributed by atoms with van der Waals surface area (Å²) in [4.78, 5) is 20.8. The molecule has 8 rings (SSSR count). The fourth-order valence-corrected chi connectivity index (χ4v) is 9.23. The highest BCUT2D eigenvalue weighted by molar-refractivity contribution is 9.12. The topological polar surface area (TPSA) is 77.5 Å². The van der Waals surface area contributed by atoms with Gasteiger partial charge in [0.2, 0.25) is 0 Å². The summed E-state index contributed by atoms with van der Waals surface area (Å²) in [6.07, 6.45) is 6.54. The van der Waals surface area contributed by atoms with E-state index in [2.05, 4.69) is 32.3 Å². The number of H-pyrrole nitrogens is 1. The van der Waals surface area contributed by atoms with E-state index in [0.717, 1.165) is 42.1 Å². The number of allylic oxidation sites excluding steroid dienone is 3. The summed E-state index contributed by atoms with van der Waals surface area (Å²) in [6, 6.07) is 0. The van der Waals surface area contributed by atoms with Crippen LogP contribution in [0.4, 0.5) is 0 Å². The molecule has 4 fully saturated rings. The Hall–Kier alpha value is -1.47. The van der Waals surface area contributed by atoms with Gasteiger partial charge in [0.05, 0.1) is 37.1 Å². The van der Waals surface area contributed by atoms with E-state index in [1.165, 1.54) is 5.56 Å². The van der Waals surface area contributed by atoms with Crippen LogP contribution in [0.3, 0.4) is 0 Å². The molecule has 3 N–H and O–H groups in total. The van der Waals surface area contributed by atoms with Gasteiger partial charge in [-0.05, 0) is 34.3 Å². The minimum Gasteiger partial charge on any atom is -0.504 e. The van der Waals surface area contributed by atoms with E-state index in [-0.39, 0.29) is 26.7 Å². The maximum Gasteiger partial charge on any atom is 0.170 e. The predicted octanol–water partition coefficient (Wildman–Crippen LogP) is 2.64. The highest BCUT2D eigenvalue weighted by Crippen LogP contribution is 2.93. The molecule has 1 saturated carbocycles. The smallest absolute Gasteiger partial charge is 0.170 e. The van der Waals surface area contributed by atoms with Crippen LogP contribution in [0.25, 0.3) is 5.76 Å². The molecule has 5 heterocycles. The summed E-state index contributed by atoms with van der Waals surface area (Å²) < 4.78 is 0.495. The largest absolute Gasteiger partial charge is 0.504 e. The number of hydrogen-bond acceptors (Lipinski definition) is 5. The van der Waals surface area contributed by atoms with Crippen molar-refractivity contribution in [2.75, 3.05) is 6.54 Å². The first-order valence-corrected chi connectivity index (χ1v) is 10.3. The number of thioether (sulfide) groups is 1. The third-order valence-corrected chi connectivity index (χ3v) is 9.65. The lowest BCUT2D eigenvalue weighted by Crippen LogP contribution is -2.50. The van der Waals surface area contributed by atoms with Gasteiger partial charge in [-0.15, -0.1) is 11.8 Å². The lowest BCUT2D eigenvalue weighted by Gasteiger charge is -2.43. The first-order chi connectivity index (χ1) is 12.1. The van der Waals surface area contributed by atoms with Crippen molar-refractivity contribution in [1.82, 2.24) is 10.3 Å². The molecule has 7 heteroatoms. The summed E-state index contributed by atoms with van der Waals surface area (Å²) in [7, 11) is 0. The molecule has 3 spiro atoms. The monoisotopic (exact) mass is 415 g/mol. The minimum atomic E-state index is -0.390. The van der Waals surface area contributed by atoms with Crippen molar-refractivity contribution in [2.24, 2.45) is 15.8 Å². The number of carbonyl (C=O) groups is 1. The van der Waals surface area contributed by atoms with Crippen molar-refractivity contribution < 1.29 is 9.90 Å². The highest BCUT2D eigenvalue weighted by Gasteiger charge is 2.96. The minimum absolute atomic E-state index is 0.126. The average molecular weight is 416 g/mol. The molecular weight excluding hydrogens is 402 g/mol. The van der Waals surface area contributed by atoms with Gasteiger partial charge >= 0.3 is 0 Å². The predicted molar refractivity (Wildman–Crippen MR) is 98.8 cm³/mol.